The fourth-order valence-corrected chi connectivity index (χ4v) is 2.47. The molecule has 0 bridgehead atoms. The van der Waals surface area contributed by atoms with Crippen molar-refractivity contribution in [1.29, 1.82) is 0 Å². The van der Waals surface area contributed by atoms with Crippen LogP contribution in [0.1, 0.15) is 46.7 Å². The summed E-state index contributed by atoms with van der Waals surface area (Å²) in [6.45, 7) is 4.85. The zero-order valence-electron chi connectivity index (χ0n) is 11.5. The molecule has 0 saturated carbocycles. The van der Waals surface area contributed by atoms with Crippen LogP contribution in [0.4, 0.5) is 0 Å². The molecule has 3 heterocycles. The summed E-state index contributed by atoms with van der Waals surface area (Å²) in [6.07, 6.45) is 1.87. The Kier molecular flexibility index (Phi) is 3.25. The van der Waals surface area contributed by atoms with Crippen molar-refractivity contribution < 1.29 is 13.8 Å². The minimum absolute atomic E-state index is 0.120. The van der Waals surface area contributed by atoms with Gasteiger partial charge in [0, 0.05) is 32.0 Å². The molecule has 2 aromatic rings. The number of aromatic nitrogens is 3. The Morgan fingerprint density at radius 3 is 2.85 bits per heavy atom. The highest BCUT2D eigenvalue weighted by molar-refractivity contribution is 5.91. The first kappa shape index (κ1) is 12.8. The van der Waals surface area contributed by atoms with E-state index in [0.717, 1.165) is 12.8 Å². The van der Waals surface area contributed by atoms with E-state index >= 15 is 0 Å². The van der Waals surface area contributed by atoms with Crippen molar-refractivity contribution in [2.75, 3.05) is 13.1 Å². The average Bonchev–Trinajstić information content (AvgIpc) is 3.07. The molecular formula is C13H16N4O3. The Labute approximate surface area is 115 Å². The lowest BCUT2D eigenvalue weighted by Crippen LogP contribution is -2.39. The van der Waals surface area contributed by atoms with Crippen LogP contribution in [0.2, 0.25) is 0 Å². The molecular weight excluding hydrogens is 260 g/mol. The summed E-state index contributed by atoms with van der Waals surface area (Å²) < 4.78 is 10.0. The second kappa shape index (κ2) is 5.07. The quantitative estimate of drug-likeness (QED) is 0.829. The van der Waals surface area contributed by atoms with Gasteiger partial charge in [-0.2, -0.15) is 4.98 Å². The van der Waals surface area contributed by atoms with Crippen molar-refractivity contribution in [3.05, 3.63) is 29.2 Å². The van der Waals surface area contributed by atoms with Crippen LogP contribution in [0.25, 0.3) is 0 Å². The van der Waals surface area contributed by atoms with E-state index in [-0.39, 0.29) is 17.6 Å². The van der Waals surface area contributed by atoms with Crippen LogP contribution in [0.5, 0.6) is 0 Å². The van der Waals surface area contributed by atoms with Crippen molar-refractivity contribution in [1.82, 2.24) is 20.2 Å². The first-order valence-electron chi connectivity index (χ1n) is 6.66. The highest BCUT2D eigenvalue weighted by Crippen LogP contribution is 2.25. The lowest BCUT2D eigenvalue weighted by molar-refractivity contribution is 0.0661. The Bertz CT molecular complexity index is 619. The summed E-state index contributed by atoms with van der Waals surface area (Å²) in [7, 11) is 0. The molecule has 3 rings (SSSR count). The van der Waals surface area contributed by atoms with Crippen LogP contribution in [-0.2, 0) is 0 Å². The lowest BCUT2D eigenvalue weighted by Gasteiger charge is -2.30. The van der Waals surface area contributed by atoms with Gasteiger partial charge in [-0.05, 0) is 19.8 Å². The fourth-order valence-electron chi connectivity index (χ4n) is 2.47. The van der Waals surface area contributed by atoms with E-state index in [9.17, 15) is 4.79 Å². The van der Waals surface area contributed by atoms with Crippen molar-refractivity contribution in [2.45, 2.75) is 32.6 Å². The zero-order valence-corrected chi connectivity index (χ0v) is 11.5. The van der Waals surface area contributed by atoms with Crippen LogP contribution < -0.4 is 0 Å². The molecule has 1 saturated heterocycles. The molecule has 20 heavy (non-hydrogen) atoms. The molecule has 1 amide bonds. The normalized spacial score (nSPS) is 19.3. The van der Waals surface area contributed by atoms with Crippen molar-refractivity contribution in [2.24, 2.45) is 0 Å². The van der Waals surface area contributed by atoms with Crippen molar-refractivity contribution >= 4 is 5.91 Å². The molecule has 0 aliphatic carbocycles. The van der Waals surface area contributed by atoms with Gasteiger partial charge in [0.25, 0.3) is 5.91 Å². The second-order valence-corrected chi connectivity index (χ2v) is 5.09. The first-order valence-corrected chi connectivity index (χ1v) is 6.66. The number of carbonyl (C=O) groups excluding carboxylic acids is 1. The van der Waals surface area contributed by atoms with E-state index in [1.807, 2.05) is 0 Å². The number of aryl methyl sites for hydroxylation is 2. The molecule has 7 nitrogen and oxygen atoms in total. The van der Waals surface area contributed by atoms with Gasteiger partial charge < -0.3 is 13.9 Å². The van der Waals surface area contributed by atoms with Gasteiger partial charge in [0.05, 0.1) is 5.69 Å². The predicted molar refractivity (Wildman–Crippen MR) is 68.2 cm³/mol. The molecule has 1 atom stereocenters. The Hall–Kier alpha value is -2.18. The lowest BCUT2D eigenvalue weighted by atomic mass is 9.97. The third-order valence-electron chi connectivity index (χ3n) is 3.46. The summed E-state index contributed by atoms with van der Waals surface area (Å²) >= 11 is 0. The van der Waals surface area contributed by atoms with Crippen LogP contribution in [0.15, 0.2) is 15.1 Å². The molecule has 1 aliphatic rings. The molecule has 1 aliphatic heterocycles. The molecule has 0 N–H and O–H groups in total. The van der Waals surface area contributed by atoms with Gasteiger partial charge in [-0.25, -0.2) is 0 Å². The van der Waals surface area contributed by atoms with E-state index < -0.39 is 0 Å². The monoisotopic (exact) mass is 276 g/mol. The third-order valence-corrected chi connectivity index (χ3v) is 3.46. The smallest absolute Gasteiger partial charge is 0.292 e. The molecule has 0 spiro atoms. The molecule has 0 aromatic carbocycles. The molecule has 106 valence electrons. The predicted octanol–water partition coefficient (Wildman–Crippen LogP) is 1.69. The number of carbonyl (C=O) groups is 1. The first-order chi connectivity index (χ1) is 9.63. The topological polar surface area (TPSA) is 85.3 Å². The Morgan fingerprint density at radius 2 is 2.20 bits per heavy atom. The maximum Gasteiger partial charge on any atom is 0.292 e. The molecule has 2 aromatic heterocycles. The van der Waals surface area contributed by atoms with Crippen LogP contribution in [0.3, 0.4) is 0 Å². The minimum atomic E-state index is -0.129. The van der Waals surface area contributed by atoms with Gasteiger partial charge in [-0.15, -0.1) is 0 Å². The van der Waals surface area contributed by atoms with E-state index in [1.165, 1.54) is 0 Å². The number of nitrogens with zero attached hydrogens (tertiary/aromatic N) is 4. The highest BCUT2D eigenvalue weighted by Gasteiger charge is 2.29. The largest absolute Gasteiger partial charge is 0.351 e. The molecule has 1 fully saturated rings. The number of hydrogen-bond donors (Lipinski definition) is 0. The van der Waals surface area contributed by atoms with Crippen molar-refractivity contribution in [3.63, 3.8) is 0 Å². The fraction of sp³-hybridized carbons (Fsp3) is 0.538. The van der Waals surface area contributed by atoms with Gasteiger partial charge in [-0.1, -0.05) is 10.3 Å². The SMILES string of the molecule is Cc1cc(C(=O)N2CCCC(c3noc(C)n3)C2)on1. The second-order valence-electron chi connectivity index (χ2n) is 5.09. The summed E-state index contributed by atoms with van der Waals surface area (Å²) in [6, 6.07) is 1.66. The van der Waals surface area contributed by atoms with E-state index in [2.05, 4.69) is 15.3 Å². The number of rotatable bonds is 2. The van der Waals surface area contributed by atoms with Crippen molar-refractivity contribution in [3.8, 4) is 0 Å². The average molecular weight is 276 g/mol. The van der Waals surface area contributed by atoms with E-state index in [0.29, 0.717) is 30.5 Å². The summed E-state index contributed by atoms with van der Waals surface area (Å²) in [5, 5.41) is 7.70. The van der Waals surface area contributed by atoms with Crippen LogP contribution in [0, 0.1) is 13.8 Å². The Balaban J connectivity index is 1.73. The maximum absolute atomic E-state index is 12.3. The summed E-state index contributed by atoms with van der Waals surface area (Å²) in [5.74, 6) is 1.50. The number of hydrogen-bond acceptors (Lipinski definition) is 6. The van der Waals surface area contributed by atoms with Gasteiger partial charge in [0.15, 0.2) is 5.82 Å². The number of piperidine rings is 1. The standard InChI is InChI=1S/C13H16N4O3/c1-8-6-11(20-15-8)13(18)17-5-3-4-10(7-17)12-14-9(2)19-16-12/h6,10H,3-5,7H2,1-2H3. The van der Waals surface area contributed by atoms with Crippen LogP contribution >= 0.6 is 0 Å². The Morgan fingerprint density at radius 1 is 1.35 bits per heavy atom. The minimum Gasteiger partial charge on any atom is -0.351 e. The zero-order chi connectivity index (χ0) is 14.1. The highest BCUT2D eigenvalue weighted by atomic mass is 16.5. The summed E-state index contributed by atoms with van der Waals surface area (Å²) in [5.41, 5.74) is 0.704. The third kappa shape index (κ3) is 2.43. The molecule has 7 heteroatoms. The number of likely N-dealkylation sites (tertiary alicyclic amines) is 1. The maximum atomic E-state index is 12.3. The van der Waals surface area contributed by atoms with E-state index in [4.69, 9.17) is 9.05 Å². The van der Waals surface area contributed by atoms with E-state index in [1.54, 1.807) is 24.8 Å². The van der Waals surface area contributed by atoms with Gasteiger partial charge in [0.1, 0.15) is 0 Å². The van der Waals surface area contributed by atoms with Gasteiger partial charge in [-0.3, -0.25) is 4.79 Å². The molecule has 1 unspecified atom stereocenters. The van der Waals surface area contributed by atoms with Gasteiger partial charge >= 0.3 is 0 Å². The summed E-state index contributed by atoms with van der Waals surface area (Å²) in [4.78, 5) is 18.3. The number of amides is 1. The van der Waals surface area contributed by atoms with Gasteiger partial charge in [0.2, 0.25) is 11.7 Å². The van der Waals surface area contributed by atoms with Crippen LogP contribution in [-0.4, -0.2) is 39.2 Å². The molecule has 0 radical (unpaired) electrons.